The Hall–Kier alpha value is -1.41. The summed E-state index contributed by atoms with van der Waals surface area (Å²) in [6.45, 7) is 1.49. The van der Waals surface area contributed by atoms with Crippen LogP contribution < -0.4 is 10.6 Å². The number of hydrogen-bond donors (Lipinski definition) is 1. The monoisotopic (exact) mass is 332 g/mol. The minimum Gasteiger partial charge on any atom is -0.469 e. The minimum absolute atomic E-state index is 0.246. The molecule has 0 radical (unpaired) electrons. The van der Waals surface area contributed by atoms with E-state index in [4.69, 9.17) is 10.5 Å². The van der Waals surface area contributed by atoms with Gasteiger partial charge in [-0.15, -0.1) is 0 Å². The Morgan fingerprint density at radius 1 is 1.42 bits per heavy atom. The number of nitrogen functional groups attached to an aromatic ring is 1. The van der Waals surface area contributed by atoms with Gasteiger partial charge in [-0.25, -0.2) is 4.98 Å². The number of nitrogens with zero attached hydrogens (tertiary/aromatic N) is 3. The lowest BCUT2D eigenvalue weighted by atomic mass is 10.4. The molecule has 0 spiro atoms. The molecule has 0 amide bonds. The number of halogens is 1. The maximum Gasteiger partial charge on any atom is 0.307 e. The van der Waals surface area contributed by atoms with Gasteiger partial charge in [-0.3, -0.25) is 4.79 Å². The quantitative estimate of drug-likeness (QED) is 0.584. The lowest BCUT2D eigenvalue weighted by molar-refractivity contribution is -0.140. The average molecular weight is 333 g/mol. The molecule has 106 valence electrons. The summed E-state index contributed by atoms with van der Waals surface area (Å²) < 4.78 is 10.2. The zero-order valence-electron chi connectivity index (χ0n) is 10.9. The van der Waals surface area contributed by atoms with Crippen molar-refractivity contribution in [3.63, 3.8) is 0 Å². The summed E-state index contributed by atoms with van der Waals surface area (Å²) in [4.78, 5) is 21.4. The first-order valence-electron chi connectivity index (χ1n) is 5.67. The maximum absolute atomic E-state index is 11.2. The van der Waals surface area contributed by atoms with Crippen LogP contribution in [0, 0.1) is 0 Å². The van der Waals surface area contributed by atoms with Crippen LogP contribution in [0.5, 0.6) is 0 Å². The second-order valence-electron chi connectivity index (χ2n) is 3.72. The number of carbonyl (C=O) groups is 1. The Morgan fingerprint density at radius 3 is 2.74 bits per heavy atom. The van der Waals surface area contributed by atoms with Crippen molar-refractivity contribution < 1.29 is 14.3 Å². The Morgan fingerprint density at radius 2 is 2.16 bits per heavy atom. The largest absolute Gasteiger partial charge is 0.469 e. The summed E-state index contributed by atoms with van der Waals surface area (Å²) in [7, 11) is 2.96. The second-order valence-corrected chi connectivity index (χ2v) is 4.53. The van der Waals surface area contributed by atoms with Gasteiger partial charge in [0.05, 0.1) is 20.1 Å². The number of hydrogen-bond acceptors (Lipinski definition) is 7. The first kappa shape index (κ1) is 15.6. The van der Waals surface area contributed by atoms with Crippen molar-refractivity contribution in [1.82, 2.24) is 9.97 Å². The minimum atomic E-state index is -0.287. The predicted molar refractivity (Wildman–Crippen MR) is 74.9 cm³/mol. The van der Waals surface area contributed by atoms with E-state index < -0.39 is 0 Å². The van der Waals surface area contributed by atoms with Gasteiger partial charge in [0.2, 0.25) is 5.95 Å². The van der Waals surface area contributed by atoms with Crippen molar-refractivity contribution in [3.05, 3.63) is 10.7 Å². The summed E-state index contributed by atoms with van der Waals surface area (Å²) in [5.74, 6) is 0.524. The SMILES string of the molecule is COCCN(CCC(=O)OC)c1nc(N)cc(Br)n1. The number of esters is 1. The molecule has 1 heterocycles. The molecule has 0 aliphatic carbocycles. The fourth-order valence-electron chi connectivity index (χ4n) is 1.41. The van der Waals surface area contributed by atoms with Gasteiger partial charge in [0.1, 0.15) is 10.4 Å². The fourth-order valence-corrected chi connectivity index (χ4v) is 1.80. The summed E-state index contributed by atoms with van der Waals surface area (Å²) in [5, 5.41) is 0. The third-order valence-corrected chi connectivity index (χ3v) is 2.77. The predicted octanol–water partition coefficient (Wildman–Crippen LogP) is 0.837. The van der Waals surface area contributed by atoms with Gasteiger partial charge in [-0.1, -0.05) is 0 Å². The molecule has 0 fully saturated rings. The number of carbonyl (C=O) groups excluding carboxylic acids is 1. The molecule has 0 aliphatic rings. The van der Waals surface area contributed by atoms with Crippen LogP contribution in [-0.2, 0) is 14.3 Å². The first-order chi connectivity index (χ1) is 9.06. The lowest BCUT2D eigenvalue weighted by Gasteiger charge is -2.22. The molecule has 7 nitrogen and oxygen atoms in total. The van der Waals surface area contributed by atoms with Crippen LogP contribution in [0.2, 0.25) is 0 Å². The molecular formula is C11H17BrN4O3. The summed E-state index contributed by atoms with van der Waals surface area (Å²) in [6, 6.07) is 1.61. The lowest BCUT2D eigenvalue weighted by Crippen LogP contribution is -2.31. The van der Waals surface area contributed by atoms with Crippen molar-refractivity contribution >= 4 is 33.7 Å². The number of rotatable bonds is 7. The number of ether oxygens (including phenoxy) is 2. The van der Waals surface area contributed by atoms with E-state index in [1.807, 2.05) is 4.90 Å². The second kappa shape index (κ2) is 7.90. The number of aromatic nitrogens is 2. The van der Waals surface area contributed by atoms with Crippen molar-refractivity contribution in [1.29, 1.82) is 0 Å². The molecule has 1 rings (SSSR count). The molecule has 0 atom stereocenters. The topological polar surface area (TPSA) is 90.6 Å². The molecule has 0 saturated carbocycles. The van der Waals surface area contributed by atoms with Crippen LogP contribution in [0.25, 0.3) is 0 Å². The molecule has 0 aliphatic heterocycles. The van der Waals surface area contributed by atoms with E-state index in [0.717, 1.165) is 0 Å². The van der Waals surface area contributed by atoms with Crippen LogP contribution in [0.3, 0.4) is 0 Å². The van der Waals surface area contributed by atoms with Gasteiger partial charge in [-0.05, 0) is 15.9 Å². The number of anilines is 2. The van der Waals surface area contributed by atoms with Gasteiger partial charge in [-0.2, -0.15) is 4.98 Å². The molecular weight excluding hydrogens is 316 g/mol. The molecule has 1 aromatic heterocycles. The van der Waals surface area contributed by atoms with E-state index in [0.29, 0.717) is 36.1 Å². The summed E-state index contributed by atoms with van der Waals surface area (Å²) in [6.07, 6.45) is 0.246. The van der Waals surface area contributed by atoms with Crippen LogP contribution in [-0.4, -0.2) is 49.9 Å². The van der Waals surface area contributed by atoms with Gasteiger partial charge < -0.3 is 20.1 Å². The van der Waals surface area contributed by atoms with E-state index in [9.17, 15) is 4.79 Å². The van der Waals surface area contributed by atoms with Crippen LogP contribution >= 0.6 is 15.9 Å². The maximum atomic E-state index is 11.2. The van der Waals surface area contributed by atoms with E-state index in [2.05, 4.69) is 30.6 Å². The van der Waals surface area contributed by atoms with Crippen LogP contribution in [0.15, 0.2) is 10.7 Å². The Kier molecular flexibility index (Phi) is 6.51. The molecule has 19 heavy (non-hydrogen) atoms. The Balaban J connectivity index is 2.79. The van der Waals surface area contributed by atoms with Crippen molar-refractivity contribution in [2.75, 3.05) is 44.5 Å². The average Bonchev–Trinajstić information content (AvgIpc) is 2.37. The third kappa shape index (κ3) is 5.39. The zero-order valence-corrected chi connectivity index (χ0v) is 12.5. The fraction of sp³-hybridized carbons (Fsp3) is 0.545. The summed E-state index contributed by atoms with van der Waals surface area (Å²) >= 11 is 3.26. The number of nitrogens with two attached hydrogens (primary N) is 1. The van der Waals surface area contributed by atoms with Crippen molar-refractivity contribution in [2.45, 2.75) is 6.42 Å². The molecule has 0 saturated heterocycles. The smallest absolute Gasteiger partial charge is 0.307 e. The van der Waals surface area contributed by atoms with E-state index >= 15 is 0 Å². The van der Waals surface area contributed by atoms with Crippen LogP contribution in [0.4, 0.5) is 11.8 Å². The molecule has 2 N–H and O–H groups in total. The normalized spacial score (nSPS) is 10.3. The molecule has 1 aromatic rings. The molecule has 0 unspecified atom stereocenters. The Bertz CT molecular complexity index is 410. The van der Waals surface area contributed by atoms with E-state index in [1.165, 1.54) is 7.11 Å². The Labute approximate surface area is 120 Å². The van der Waals surface area contributed by atoms with E-state index in [1.54, 1.807) is 13.2 Å². The van der Waals surface area contributed by atoms with Gasteiger partial charge in [0.25, 0.3) is 0 Å². The highest BCUT2D eigenvalue weighted by molar-refractivity contribution is 9.10. The molecule has 0 aromatic carbocycles. The summed E-state index contributed by atoms with van der Waals surface area (Å²) in [5.41, 5.74) is 5.68. The highest BCUT2D eigenvalue weighted by atomic mass is 79.9. The third-order valence-electron chi connectivity index (χ3n) is 2.36. The highest BCUT2D eigenvalue weighted by Gasteiger charge is 2.13. The standard InChI is InChI=1S/C11H17BrN4O3/c1-18-6-5-16(4-3-10(17)19-2)11-14-8(12)7-9(13)15-11/h7H,3-6H2,1-2H3,(H2,13,14,15). The van der Waals surface area contributed by atoms with E-state index in [-0.39, 0.29) is 12.4 Å². The number of methoxy groups -OCH3 is 2. The van der Waals surface area contributed by atoms with Gasteiger partial charge in [0.15, 0.2) is 0 Å². The highest BCUT2D eigenvalue weighted by Crippen LogP contribution is 2.16. The first-order valence-corrected chi connectivity index (χ1v) is 6.47. The van der Waals surface area contributed by atoms with Crippen molar-refractivity contribution in [3.8, 4) is 0 Å². The molecule has 8 heteroatoms. The van der Waals surface area contributed by atoms with Crippen LogP contribution in [0.1, 0.15) is 6.42 Å². The van der Waals surface area contributed by atoms with Gasteiger partial charge >= 0.3 is 5.97 Å². The van der Waals surface area contributed by atoms with Crippen molar-refractivity contribution in [2.24, 2.45) is 0 Å². The zero-order chi connectivity index (χ0) is 14.3. The van der Waals surface area contributed by atoms with Gasteiger partial charge in [0, 0.05) is 26.3 Å². The molecule has 0 bridgehead atoms.